The molecule has 1 saturated heterocycles. The number of aryl methyl sites for hydroxylation is 1. The Morgan fingerprint density at radius 1 is 1.65 bits per heavy atom. The van der Waals surface area contributed by atoms with Gasteiger partial charge in [0.05, 0.1) is 6.61 Å². The fourth-order valence-corrected chi connectivity index (χ4v) is 2.04. The second-order valence-electron chi connectivity index (χ2n) is 4.40. The third kappa shape index (κ3) is 2.25. The van der Waals surface area contributed by atoms with Gasteiger partial charge in [0.2, 0.25) is 0 Å². The molecule has 0 aliphatic carbocycles. The SMILES string of the molecule is C=C1[C@@H](N=[N+]=[N-])[C@H](n2cc(C)c(=O)[nH]c2=O)O[C@@H]1CO. The second-order valence-corrected chi connectivity index (χ2v) is 4.40. The van der Waals surface area contributed by atoms with Crippen molar-refractivity contribution in [3.8, 4) is 0 Å². The molecule has 0 unspecified atom stereocenters. The molecule has 20 heavy (non-hydrogen) atoms. The van der Waals surface area contributed by atoms with Gasteiger partial charge in [-0.25, -0.2) is 4.79 Å². The van der Waals surface area contributed by atoms with Crippen molar-refractivity contribution in [3.05, 3.63) is 55.2 Å². The van der Waals surface area contributed by atoms with E-state index in [2.05, 4.69) is 21.6 Å². The van der Waals surface area contributed by atoms with Crippen LogP contribution in [-0.2, 0) is 4.74 Å². The van der Waals surface area contributed by atoms with Crippen molar-refractivity contribution in [2.45, 2.75) is 25.3 Å². The van der Waals surface area contributed by atoms with E-state index in [0.717, 1.165) is 4.57 Å². The predicted octanol–water partition coefficient (Wildman–Crippen LogP) is -0.0302. The Morgan fingerprint density at radius 2 is 2.35 bits per heavy atom. The minimum absolute atomic E-state index is 0.311. The minimum atomic E-state index is -0.946. The lowest BCUT2D eigenvalue weighted by Crippen LogP contribution is -2.36. The summed E-state index contributed by atoms with van der Waals surface area (Å²) in [5.41, 5.74) is 8.10. The van der Waals surface area contributed by atoms with Gasteiger partial charge in [-0.05, 0) is 18.0 Å². The number of aliphatic hydroxyl groups is 1. The highest BCUT2D eigenvalue weighted by Gasteiger charge is 2.39. The van der Waals surface area contributed by atoms with Gasteiger partial charge in [0, 0.05) is 16.7 Å². The monoisotopic (exact) mass is 279 g/mol. The molecular formula is C11H13N5O4. The van der Waals surface area contributed by atoms with Crippen LogP contribution in [0.3, 0.4) is 0 Å². The van der Waals surface area contributed by atoms with Gasteiger partial charge >= 0.3 is 5.69 Å². The van der Waals surface area contributed by atoms with E-state index in [1.165, 1.54) is 13.1 Å². The highest BCUT2D eigenvalue weighted by molar-refractivity contribution is 5.19. The fraction of sp³-hybridized carbons (Fsp3) is 0.455. The second kappa shape index (κ2) is 5.33. The van der Waals surface area contributed by atoms with Crippen molar-refractivity contribution in [2.24, 2.45) is 5.11 Å². The van der Waals surface area contributed by atoms with Crippen molar-refractivity contribution in [1.82, 2.24) is 9.55 Å². The number of hydrogen-bond acceptors (Lipinski definition) is 5. The number of ether oxygens (including phenoxy) is 1. The molecule has 1 fully saturated rings. The maximum absolute atomic E-state index is 11.8. The number of aliphatic hydroxyl groups excluding tert-OH is 1. The maximum Gasteiger partial charge on any atom is 0.330 e. The summed E-state index contributed by atoms with van der Waals surface area (Å²) in [6.07, 6.45) is -0.355. The van der Waals surface area contributed by atoms with Gasteiger partial charge in [-0.1, -0.05) is 11.7 Å². The Morgan fingerprint density at radius 3 is 2.95 bits per heavy atom. The smallest absolute Gasteiger partial charge is 0.330 e. The summed E-state index contributed by atoms with van der Waals surface area (Å²) in [5, 5.41) is 12.7. The third-order valence-electron chi connectivity index (χ3n) is 3.13. The highest BCUT2D eigenvalue weighted by Crippen LogP contribution is 2.33. The molecule has 1 aromatic rings. The Hall–Kier alpha value is -2.35. The number of H-pyrrole nitrogens is 1. The highest BCUT2D eigenvalue weighted by atomic mass is 16.5. The quantitative estimate of drug-likeness (QED) is 0.348. The van der Waals surface area contributed by atoms with E-state index in [-0.39, 0.29) is 6.61 Å². The van der Waals surface area contributed by atoms with Crippen LogP contribution in [0.4, 0.5) is 0 Å². The summed E-state index contributed by atoms with van der Waals surface area (Å²) in [6.45, 7) is 4.90. The van der Waals surface area contributed by atoms with Crippen LogP contribution < -0.4 is 11.2 Å². The Labute approximate surface area is 112 Å². The first-order valence-electron chi connectivity index (χ1n) is 5.81. The largest absolute Gasteiger partial charge is 0.393 e. The topological polar surface area (TPSA) is 133 Å². The summed E-state index contributed by atoms with van der Waals surface area (Å²) >= 11 is 0. The first-order valence-corrected chi connectivity index (χ1v) is 5.81. The molecule has 0 saturated carbocycles. The van der Waals surface area contributed by atoms with Crippen molar-refractivity contribution in [1.29, 1.82) is 0 Å². The lowest BCUT2D eigenvalue weighted by molar-refractivity contribution is -0.0233. The van der Waals surface area contributed by atoms with Crippen LogP contribution in [0.2, 0.25) is 0 Å². The number of aromatic amines is 1. The van der Waals surface area contributed by atoms with Crippen molar-refractivity contribution in [3.63, 3.8) is 0 Å². The predicted molar refractivity (Wildman–Crippen MR) is 69.1 cm³/mol. The van der Waals surface area contributed by atoms with E-state index in [4.69, 9.17) is 10.3 Å². The van der Waals surface area contributed by atoms with E-state index >= 15 is 0 Å². The van der Waals surface area contributed by atoms with E-state index in [0.29, 0.717) is 11.1 Å². The van der Waals surface area contributed by atoms with Crippen molar-refractivity contribution < 1.29 is 9.84 Å². The number of azide groups is 1. The molecule has 9 heteroatoms. The molecule has 0 spiro atoms. The van der Waals surface area contributed by atoms with Gasteiger partial charge in [-0.2, -0.15) is 0 Å². The van der Waals surface area contributed by atoms with E-state index in [1.54, 1.807) is 0 Å². The number of nitrogens with one attached hydrogen (secondary N) is 1. The van der Waals surface area contributed by atoms with Crippen molar-refractivity contribution >= 4 is 0 Å². The minimum Gasteiger partial charge on any atom is -0.393 e. The normalized spacial score (nSPS) is 25.5. The number of aromatic nitrogens is 2. The fourth-order valence-electron chi connectivity index (χ4n) is 2.04. The average molecular weight is 279 g/mol. The van der Waals surface area contributed by atoms with Crippen LogP contribution in [0, 0.1) is 6.92 Å². The summed E-state index contributed by atoms with van der Waals surface area (Å²) < 4.78 is 6.60. The molecule has 2 rings (SSSR count). The average Bonchev–Trinajstić information content (AvgIpc) is 2.72. The van der Waals surface area contributed by atoms with Gasteiger partial charge in [-0.3, -0.25) is 14.3 Å². The summed E-state index contributed by atoms with van der Waals surface area (Å²) in [7, 11) is 0. The van der Waals surface area contributed by atoms with E-state index in [1.807, 2.05) is 0 Å². The van der Waals surface area contributed by atoms with Gasteiger partial charge in [0.1, 0.15) is 12.1 Å². The van der Waals surface area contributed by atoms with E-state index < -0.39 is 29.6 Å². The van der Waals surface area contributed by atoms with Crippen LogP contribution in [0.1, 0.15) is 11.8 Å². The van der Waals surface area contributed by atoms with Crippen LogP contribution in [0.5, 0.6) is 0 Å². The first kappa shape index (κ1) is 14.1. The van der Waals surface area contributed by atoms with Crippen LogP contribution in [0.15, 0.2) is 33.1 Å². The molecule has 0 aromatic carbocycles. The lowest BCUT2D eigenvalue weighted by Gasteiger charge is -2.17. The standard InChI is InChI=1S/C11H13N5O4/c1-5-3-16(11(19)13-9(5)18)10-8(14-15-12)6(2)7(4-17)20-10/h3,7-8,10,17H,2,4H2,1H3,(H,13,18,19)/t7-,8-,10-/m1/s1. The summed E-state index contributed by atoms with van der Waals surface area (Å²) in [6, 6.07) is -0.833. The molecule has 3 atom stereocenters. The Kier molecular flexibility index (Phi) is 3.75. The van der Waals surface area contributed by atoms with Gasteiger partial charge in [0.15, 0.2) is 6.23 Å². The molecule has 0 bridgehead atoms. The molecule has 1 aliphatic heterocycles. The van der Waals surface area contributed by atoms with Gasteiger partial charge in [-0.15, -0.1) is 0 Å². The molecule has 0 radical (unpaired) electrons. The zero-order chi connectivity index (χ0) is 14.9. The zero-order valence-electron chi connectivity index (χ0n) is 10.7. The molecular weight excluding hydrogens is 266 g/mol. The van der Waals surface area contributed by atoms with Crippen molar-refractivity contribution in [2.75, 3.05) is 6.61 Å². The molecule has 1 aromatic heterocycles. The zero-order valence-corrected chi connectivity index (χ0v) is 10.7. The van der Waals surface area contributed by atoms with Crippen LogP contribution >= 0.6 is 0 Å². The lowest BCUT2D eigenvalue weighted by atomic mass is 10.1. The molecule has 2 N–H and O–H groups in total. The molecule has 1 aliphatic rings. The first-order chi connectivity index (χ1) is 9.49. The van der Waals surface area contributed by atoms with Gasteiger partial charge < -0.3 is 9.84 Å². The van der Waals surface area contributed by atoms with E-state index in [9.17, 15) is 14.7 Å². The van der Waals surface area contributed by atoms with Crippen LogP contribution in [0.25, 0.3) is 10.4 Å². The molecule has 106 valence electrons. The number of rotatable bonds is 3. The van der Waals surface area contributed by atoms with Crippen LogP contribution in [-0.4, -0.2) is 33.4 Å². The molecule has 9 nitrogen and oxygen atoms in total. The Bertz CT molecular complexity index is 700. The summed E-state index contributed by atoms with van der Waals surface area (Å²) in [5.74, 6) is 0. The summed E-state index contributed by atoms with van der Waals surface area (Å²) in [4.78, 5) is 28.0. The molecule has 2 heterocycles. The number of hydrogen-bond donors (Lipinski definition) is 2. The number of nitrogens with zero attached hydrogens (tertiary/aromatic N) is 4. The van der Waals surface area contributed by atoms with Gasteiger partial charge in [0.25, 0.3) is 5.56 Å². The molecule has 0 amide bonds. The third-order valence-corrected chi connectivity index (χ3v) is 3.13. The Balaban J connectivity index is 2.53. The maximum atomic E-state index is 11.8.